The number of benzene rings is 2. The van der Waals surface area contributed by atoms with E-state index in [1.165, 1.54) is 9.18 Å². The number of thiophene rings is 1. The third kappa shape index (κ3) is 6.43. The van der Waals surface area contributed by atoms with Crippen molar-refractivity contribution in [1.82, 2.24) is 9.21 Å². The molecule has 1 aliphatic rings. The molecule has 0 bridgehead atoms. The van der Waals surface area contributed by atoms with Gasteiger partial charge in [-0.05, 0) is 67.5 Å². The molecule has 2 heterocycles. The maximum absolute atomic E-state index is 13.8. The van der Waals surface area contributed by atoms with Gasteiger partial charge in [0.05, 0.1) is 17.5 Å². The van der Waals surface area contributed by atoms with Crippen molar-refractivity contribution in [1.29, 1.82) is 0 Å². The van der Waals surface area contributed by atoms with Gasteiger partial charge in [-0.15, -0.1) is 11.3 Å². The number of aryl methyl sites for hydroxylation is 2. The number of fused-ring (bicyclic) bond motifs is 1. The van der Waals surface area contributed by atoms with Crippen LogP contribution in [0, 0.1) is 19.8 Å². The van der Waals surface area contributed by atoms with Crippen LogP contribution in [0.25, 0.3) is 0 Å². The van der Waals surface area contributed by atoms with Gasteiger partial charge < -0.3 is 9.64 Å². The highest BCUT2D eigenvalue weighted by Crippen LogP contribution is 2.34. The Labute approximate surface area is 224 Å². The van der Waals surface area contributed by atoms with Crippen LogP contribution in [0.1, 0.15) is 47.9 Å². The number of ether oxygens (including phenoxy) is 1. The van der Waals surface area contributed by atoms with Crippen LogP contribution in [0.3, 0.4) is 0 Å². The summed E-state index contributed by atoms with van der Waals surface area (Å²) in [6, 6.07) is 16.5. The maximum Gasteiger partial charge on any atom is 0.243 e. The quantitative estimate of drug-likeness (QED) is 0.335. The van der Waals surface area contributed by atoms with Gasteiger partial charge in [0.2, 0.25) is 15.9 Å². The van der Waals surface area contributed by atoms with Crippen molar-refractivity contribution in [3.05, 3.63) is 81.5 Å². The molecule has 0 aliphatic carbocycles. The van der Waals surface area contributed by atoms with E-state index in [4.69, 9.17) is 4.74 Å². The smallest absolute Gasteiger partial charge is 0.243 e. The second kappa shape index (κ2) is 11.8. The normalized spacial score (nSPS) is 16.5. The van der Waals surface area contributed by atoms with Gasteiger partial charge >= 0.3 is 0 Å². The van der Waals surface area contributed by atoms with Gasteiger partial charge in [-0.25, -0.2) is 8.42 Å². The first-order valence-corrected chi connectivity index (χ1v) is 15.1. The summed E-state index contributed by atoms with van der Waals surface area (Å²) in [6.45, 7) is 8.94. The fraction of sp³-hybridized carbons (Fsp3) is 0.414. The van der Waals surface area contributed by atoms with Crippen molar-refractivity contribution in [2.45, 2.75) is 51.5 Å². The Bertz CT molecular complexity index is 1300. The van der Waals surface area contributed by atoms with E-state index in [9.17, 15) is 13.2 Å². The zero-order valence-corrected chi connectivity index (χ0v) is 23.6. The number of carbonyl (C=O) groups excluding carboxylic acids is 1. The molecule has 0 radical (unpaired) electrons. The molecular weight excluding hydrogens is 504 g/mol. The number of sulfonamides is 1. The Morgan fingerprint density at radius 1 is 1.08 bits per heavy atom. The maximum atomic E-state index is 13.8. The molecule has 2 atom stereocenters. The molecule has 0 fully saturated rings. The van der Waals surface area contributed by atoms with E-state index in [-0.39, 0.29) is 29.3 Å². The van der Waals surface area contributed by atoms with Gasteiger partial charge in [0.15, 0.2) is 0 Å². The fourth-order valence-electron chi connectivity index (χ4n) is 4.51. The minimum Gasteiger partial charge on any atom is -0.491 e. The average molecular weight is 541 g/mol. The second-order valence-electron chi connectivity index (χ2n) is 9.90. The molecule has 198 valence electrons. The van der Waals surface area contributed by atoms with Crippen LogP contribution >= 0.6 is 11.3 Å². The van der Waals surface area contributed by atoms with Gasteiger partial charge in [0, 0.05) is 18.0 Å². The van der Waals surface area contributed by atoms with E-state index in [1.54, 1.807) is 40.5 Å². The summed E-state index contributed by atoms with van der Waals surface area (Å²) in [7, 11) is -3.83. The minimum atomic E-state index is -3.83. The van der Waals surface area contributed by atoms with Crippen molar-refractivity contribution >= 4 is 27.3 Å². The highest BCUT2D eigenvalue weighted by molar-refractivity contribution is 7.89. The Hall–Kier alpha value is -2.68. The van der Waals surface area contributed by atoms with Gasteiger partial charge in [-0.1, -0.05) is 55.7 Å². The standard InChI is InChI=1S/C29H36N2O4S2/c1-5-21(2)18-30(37(33,34)25-12-8-23(4)9-13-25)19-29(32)31-16-14-28-26(15-17-36-28)27(31)20-35-24-10-6-22(3)7-11-24/h6-13,15,17,21,27H,5,14,16,18-20H2,1-4H3/t21-,27+/m1/s1. The molecule has 0 saturated carbocycles. The molecule has 4 rings (SSSR count). The Kier molecular flexibility index (Phi) is 8.72. The molecule has 0 N–H and O–H groups in total. The molecule has 1 aliphatic heterocycles. The summed E-state index contributed by atoms with van der Waals surface area (Å²) < 4.78 is 34.7. The summed E-state index contributed by atoms with van der Waals surface area (Å²) >= 11 is 1.69. The Morgan fingerprint density at radius 2 is 1.73 bits per heavy atom. The topological polar surface area (TPSA) is 66.9 Å². The van der Waals surface area contributed by atoms with Crippen LogP contribution in [-0.2, 0) is 21.2 Å². The van der Waals surface area contributed by atoms with E-state index in [0.29, 0.717) is 19.7 Å². The van der Waals surface area contributed by atoms with E-state index in [1.807, 2.05) is 52.0 Å². The molecule has 1 aromatic heterocycles. The van der Waals surface area contributed by atoms with Gasteiger partial charge in [-0.3, -0.25) is 4.79 Å². The molecule has 0 spiro atoms. The number of carbonyl (C=O) groups is 1. The molecule has 1 amide bonds. The minimum absolute atomic E-state index is 0.124. The third-order valence-corrected chi connectivity index (χ3v) is 9.85. The van der Waals surface area contributed by atoms with Gasteiger partial charge in [-0.2, -0.15) is 4.31 Å². The lowest BCUT2D eigenvalue weighted by atomic mass is 10.0. The number of amides is 1. The molecule has 6 nitrogen and oxygen atoms in total. The number of rotatable bonds is 10. The summed E-state index contributed by atoms with van der Waals surface area (Å²) in [4.78, 5) is 17.0. The van der Waals surface area contributed by atoms with Crippen molar-refractivity contribution in [3.63, 3.8) is 0 Å². The average Bonchev–Trinajstić information content (AvgIpc) is 3.37. The van der Waals surface area contributed by atoms with Crippen LogP contribution in [-0.4, -0.2) is 49.8 Å². The first-order valence-electron chi connectivity index (χ1n) is 12.8. The fourth-order valence-corrected chi connectivity index (χ4v) is 6.95. The lowest BCUT2D eigenvalue weighted by Crippen LogP contribution is -2.48. The summed E-state index contributed by atoms with van der Waals surface area (Å²) in [5, 5.41) is 2.05. The van der Waals surface area contributed by atoms with E-state index >= 15 is 0 Å². The predicted octanol–water partition coefficient (Wildman–Crippen LogP) is 5.61. The predicted molar refractivity (Wildman–Crippen MR) is 149 cm³/mol. The zero-order valence-electron chi connectivity index (χ0n) is 22.0. The molecule has 2 aromatic carbocycles. The first kappa shape index (κ1) is 27.4. The van der Waals surface area contributed by atoms with E-state index < -0.39 is 10.0 Å². The molecule has 0 saturated heterocycles. The van der Waals surface area contributed by atoms with Crippen molar-refractivity contribution < 1.29 is 17.9 Å². The monoisotopic (exact) mass is 540 g/mol. The number of nitrogens with zero attached hydrogens (tertiary/aromatic N) is 2. The third-order valence-electron chi connectivity index (χ3n) is 7.03. The highest BCUT2D eigenvalue weighted by atomic mass is 32.2. The van der Waals surface area contributed by atoms with Crippen LogP contribution < -0.4 is 4.74 Å². The van der Waals surface area contributed by atoms with Crippen molar-refractivity contribution in [2.75, 3.05) is 26.2 Å². The molecule has 37 heavy (non-hydrogen) atoms. The SMILES string of the molecule is CC[C@@H](C)CN(CC(=O)N1CCc2sccc2[C@@H]1COc1ccc(C)cc1)S(=O)(=O)c1ccc(C)cc1. The van der Waals surface area contributed by atoms with E-state index in [0.717, 1.165) is 35.3 Å². The molecular formula is C29H36N2O4S2. The Balaban J connectivity index is 1.58. The van der Waals surface area contributed by atoms with Gasteiger partial charge in [0.1, 0.15) is 12.4 Å². The lowest BCUT2D eigenvalue weighted by Gasteiger charge is -2.37. The largest absolute Gasteiger partial charge is 0.491 e. The number of hydrogen-bond acceptors (Lipinski definition) is 5. The number of hydrogen-bond donors (Lipinski definition) is 0. The van der Waals surface area contributed by atoms with Crippen molar-refractivity contribution in [2.24, 2.45) is 5.92 Å². The first-order chi connectivity index (χ1) is 17.7. The molecule has 3 aromatic rings. The molecule has 8 heteroatoms. The van der Waals surface area contributed by atoms with E-state index in [2.05, 4.69) is 11.4 Å². The Morgan fingerprint density at radius 3 is 2.38 bits per heavy atom. The second-order valence-corrected chi connectivity index (χ2v) is 12.8. The summed E-state index contributed by atoms with van der Waals surface area (Å²) in [5.41, 5.74) is 3.23. The lowest BCUT2D eigenvalue weighted by molar-refractivity contribution is -0.135. The highest BCUT2D eigenvalue weighted by Gasteiger charge is 2.35. The van der Waals surface area contributed by atoms with Crippen LogP contribution in [0.2, 0.25) is 0 Å². The summed E-state index contributed by atoms with van der Waals surface area (Å²) in [6.07, 6.45) is 1.58. The van der Waals surface area contributed by atoms with Crippen LogP contribution in [0.5, 0.6) is 5.75 Å². The van der Waals surface area contributed by atoms with Crippen molar-refractivity contribution in [3.8, 4) is 5.75 Å². The van der Waals surface area contributed by atoms with Gasteiger partial charge in [0.25, 0.3) is 0 Å². The van der Waals surface area contributed by atoms with Crippen LogP contribution in [0.15, 0.2) is 64.9 Å². The molecule has 0 unspecified atom stereocenters. The summed E-state index contributed by atoms with van der Waals surface area (Å²) in [5.74, 6) is 0.674. The zero-order chi connectivity index (χ0) is 26.6. The van der Waals surface area contributed by atoms with Crippen LogP contribution in [0.4, 0.5) is 0 Å².